The summed E-state index contributed by atoms with van der Waals surface area (Å²) < 4.78 is 11.5. The molecule has 0 aliphatic heterocycles. The monoisotopic (exact) mass is 168 g/mol. The van der Waals surface area contributed by atoms with Crippen LogP contribution < -0.4 is 0 Å². The molecule has 64 valence electrons. The Morgan fingerprint density at radius 1 is 1.42 bits per heavy atom. The van der Waals surface area contributed by atoms with Crippen molar-refractivity contribution < 1.29 is 14.3 Å². The number of carbonyl (C=O) groups is 1. The summed E-state index contributed by atoms with van der Waals surface area (Å²) in [7, 11) is 0. The first-order valence-corrected chi connectivity index (χ1v) is 3.55. The van der Waals surface area contributed by atoms with Crippen LogP contribution in [0.25, 0.3) is 0 Å². The van der Waals surface area contributed by atoms with Gasteiger partial charge in [-0.05, 0) is 25.5 Å². The molecule has 0 bridgehead atoms. The van der Waals surface area contributed by atoms with E-state index in [1.165, 1.54) is 0 Å². The molecule has 0 N–H and O–H groups in total. The van der Waals surface area contributed by atoms with Crippen molar-refractivity contribution in [2.75, 3.05) is 0 Å². The van der Waals surface area contributed by atoms with Crippen LogP contribution in [0.2, 0.25) is 0 Å². The smallest absolute Gasteiger partial charge is 0.249 e. The molecular formula is C9H9FO2. The summed E-state index contributed by atoms with van der Waals surface area (Å²) in [6.45, 7) is 3.64. The quantitative estimate of drug-likeness (QED) is 0.643. The fourth-order valence-corrected chi connectivity index (χ4v) is 1.08. The van der Waals surface area contributed by atoms with Crippen molar-refractivity contribution in [2.24, 2.45) is 0 Å². The number of aryl methyl sites for hydroxylation is 2. The fraction of sp³-hybridized carbons (Fsp3) is 0.222. The minimum atomic E-state index is -0.938. The molecule has 2 nitrogen and oxygen atoms in total. The lowest BCUT2D eigenvalue weighted by molar-refractivity contribution is -0.0788. The van der Waals surface area contributed by atoms with Crippen LogP contribution in [-0.4, -0.2) is 5.97 Å². The minimum absolute atomic E-state index is 0.267. The van der Waals surface area contributed by atoms with Gasteiger partial charge in [0.25, 0.3) is 0 Å². The predicted octanol–water partition coefficient (Wildman–Crippen LogP) is 2.34. The molecule has 0 radical (unpaired) electrons. The largest absolute Gasteiger partial charge is 0.379 e. The molecule has 0 aliphatic carbocycles. The zero-order valence-electron chi connectivity index (χ0n) is 6.93. The minimum Gasteiger partial charge on any atom is -0.249 e. The zero-order valence-corrected chi connectivity index (χ0v) is 6.93. The highest BCUT2D eigenvalue weighted by Crippen LogP contribution is 2.11. The van der Waals surface area contributed by atoms with Crippen LogP contribution in [0.15, 0.2) is 18.2 Å². The molecule has 0 fully saturated rings. The van der Waals surface area contributed by atoms with E-state index >= 15 is 0 Å². The first-order valence-electron chi connectivity index (χ1n) is 3.55. The first-order chi connectivity index (χ1) is 5.65. The van der Waals surface area contributed by atoms with Crippen molar-refractivity contribution in [3.05, 3.63) is 34.9 Å². The van der Waals surface area contributed by atoms with Crippen molar-refractivity contribution in [2.45, 2.75) is 13.8 Å². The van der Waals surface area contributed by atoms with Gasteiger partial charge in [0, 0.05) is 4.53 Å². The van der Waals surface area contributed by atoms with Crippen LogP contribution >= 0.6 is 0 Å². The highest BCUT2D eigenvalue weighted by Gasteiger charge is 2.10. The third-order valence-electron chi connectivity index (χ3n) is 1.67. The lowest BCUT2D eigenvalue weighted by Crippen LogP contribution is -2.01. The van der Waals surface area contributed by atoms with Gasteiger partial charge in [-0.15, -0.1) is 0 Å². The molecule has 0 atom stereocenters. The third-order valence-corrected chi connectivity index (χ3v) is 1.67. The molecule has 0 saturated heterocycles. The van der Waals surface area contributed by atoms with Gasteiger partial charge in [0.15, 0.2) is 0 Å². The third kappa shape index (κ3) is 1.61. The van der Waals surface area contributed by atoms with Gasteiger partial charge in [0.2, 0.25) is 0 Å². The predicted molar refractivity (Wildman–Crippen MR) is 42.4 cm³/mol. The van der Waals surface area contributed by atoms with Crippen molar-refractivity contribution in [1.82, 2.24) is 0 Å². The van der Waals surface area contributed by atoms with Gasteiger partial charge in [-0.2, -0.15) is 0 Å². The summed E-state index contributed by atoms with van der Waals surface area (Å²) in [5.74, 6) is -0.938. The normalized spacial score (nSPS) is 9.58. The summed E-state index contributed by atoms with van der Waals surface area (Å²) in [6.07, 6.45) is 0. The van der Waals surface area contributed by atoms with Gasteiger partial charge in [-0.1, -0.05) is 17.7 Å². The van der Waals surface area contributed by atoms with E-state index in [2.05, 4.69) is 4.94 Å². The summed E-state index contributed by atoms with van der Waals surface area (Å²) in [5, 5.41) is 0. The van der Waals surface area contributed by atoms with Crippen LogP contribution in [0, 0.1) is 13.8 Å². The van der Waals surface area contributed by atoms with E-state index in [0.29, 0.717) is 0 Å². The van der Waals surface area contributed by atoms with E-state index in [-0.39, 0.29) is 5.56 Å². The summed E-state index contributed by atoms with van der Waals surface area (Å²) >= 11 is 0. The molecule has 1 aromatic carbocycles. The van der Waals surface area contributed by atoms with E-state index in [0.717, 1.165) is 11.1 Å². The molecule has 12 heavy (non-hydrogen) atoms. The van der Waals surface area contributed by atoms with Crippen LogP contribution in [0.1, 0.15) is 21.5 Å². The molecule has 0 amide bonds. The highest BCUT2D eigenvalue weighted by molar-refractivity contribution is 5.90. The molecular weight excluding hydrogens is 159 g/mol. The molecule has 3 heteroatoms. The Labute approximate surface area is 69.9 Å². The maximum absolute atomic E-state index is 11.5. The zero-order chi connectivity index (χ0) is 9.14. The summed E-state index contributed by atoms with van der Waals surface area (Å²) in [4.78, 5) is 13.9. The van der Waals surface area contributed by atoms with E-state index in [4.69, 9.17) is 0 Å². The first kappa shape index (κ1) is 8.71. The maximum Gasteiger partial charge on any atom is 0.379 e. The number of benzene rings is 1. The maximum atomic E-state index is 11.5. The Morgan fingerprint density at radius 2 is 2.08 bits per heavy atom. The number of rotatable bonds is 1. The van der Waals surface area contributed by atoms with Crippen molar-refractivity contribution in [1.29, 1.82) is 0 Å². The van der Waals surface area contributed by atoms with Gasteiger partial charge in [0.05, 0.1) is 5.56 Å². The Bertz CT molecular complexity index is 307. The lowest BCUT2D eigenvalue weighted by atomic mass is 10.1. The topological polar surface area (TPSA) is 26.3 Å². The van der Waals surface area contributed by atoms with Gasteiger partial charge < -0.3 is 0 Å². The van der Waals surface area contributed by atoms with E-state index in [1.807, 2.05) is 6.92 Å². The van der Waals surface area contributed by atoms with Crippen LogP contribution in [0.3, 0.4) is 0 Å². The molecule has 1 aromatic rings. The van der Waals surface area contributed by atoms with Crippen LogP contribution in [0.5, 0.6) is 0 Å². The average molecular weight is 168 g/mol. The second kappa shape index (κ2) is 3.34. The summed E-state index contributed by atoms with van der Waals surface area (Å²) in [6, 6.07) is 5.08. The Balaban J connectivity index is 3.09. The van der Waals surface area contributed by atoms with E-state index in [1.54, 1.807) is 25.1 Å². The number of hydrogen-bond acceptors (Lipinski definition) is 2. The average Bonchev–Trinajstić information content (AvgIpc) is 2.03. The van der Waals surface area contributed by atoms with E-state index < -0.39 is 5.97 Å². The van der Waals surface area contributed by atoms with E-state index in [9.17, 15) is 9.32 Å². The lowest BCUT2D eigenvalue weighted by Gasteiger charge is -2.01. The second-order valence-electron chi connectivity index (χ2n) is 2.68. The van der Waals surface area contributed by atoms with Gasteiger partial charge in [-0.25, -0.2) is 9.74 Å². The fourth-order valence-electron chi connectivity index (χ4n) is 1.08. The van der Waals surface area contributed by atoms with Gasteiger partial charge >= 0.3 is 5.97 Å². The Kier molecular flexibility index (Phi) is 2.43. The SMILES string of the molecule is Cc1ccc(C(=O)OF)c(C)c1. The number of carbonyl (C=O) groups excluding carboxylic acids is 1. The van der Waals surface area contributed by atoms with Gasteiger partial charge in [0.1, 0.15) is 0 Å². The van der Waals surface area contributed by atoms with Crippen LogP contribution in [-0.2, 0) is 4.94 Å². The second-order valence-corrected chi connectivity index (χ2v) is 2.68. The Morgan fingerprint density at radius 3 is 2.58 bits per heavy atom. The van der Waals surface area contributed by atoms with Gasteiger partial charge in [-0.3, -0.25) is 0 Å². The standard InChI is InChI=1S/C9H9FO2/c1-6-3-4-8(7(2)5-6)9(11)12-10/h3-5H,1-2H3. The summed E-state index contributed by atoms with van der Waals surface area (Å²) in [5.41, 5.74) is 2.02. The molecule has 0 spiro atoms. The molecule has 0 aliphatic rings. The molecule has 0 unspecified atom stereocenters. The number of halogens is 1. The van der Waals surface area contributed by atoms with Crippen molar-refractivity contribution in [3.8, 4) is 0 Å². The highest BCUT2D eigenvalue weighted by atomic mass is 19.3. The number of hydrogen-bond donors (Lipinski definition) is 0. The molecule has 0 aromatic heterocycles. The molecule has 0 heterocycles. The molecule has 0 saturated carbocycles. The van der Waals surface area contributed by atoms with Crippen molar-refractivity contribution >= 4 is 5.97 Å². The van der Waals surface area contributed by atoms with Crippen molar-refractivity contribution in [3.63, 3.8) is 0 Å². The molecule has 1 rings (SSSR count). The Hall–Kier alpha value is -1.38. The van der Waals surface area contributed by atoms with Crippen LogP contribution in [0.4, 0.5) is 4.53 Å².